The van der Waals surface area contributed by atoms with Crippen molar-refractivity contribution in [2.75, 3.05) is 13.1 Å². The van der Waals surface area contributed by atoms with Crippen molar-refractivity contribution >= 4 is 11.8 Å². The summed E-state index contributed by atoms with van der Waals surface area (Å²) >= 11 is 0. The summed E-state index contributed by atoms with van der Waals surface area (Å²) in [4.78, 5) is 28.4. The fraction of sp³-hybridized carbons (Fsp3) is 0.240. The van der Waals surface area contributed by atoms with E-state index in [2.05, 4.69) is 41.5 Å². The van der Waals surface area contributed by atoms with E-state index in [4.69, 9.17) is 0 Å². The molecule has 3 aromatic rings. The van der Waals surface area contributed by atoms with E-state index in [0.717, 1.165) is 23.1 Å². The number of amides is 2. The van der Waals surface area contributed by atoms with Gasteiger partial charge in [-0.2, -0.15) is 0 Å². The van der Waals surface area contributed by atoms with Gasteiger partial charge in [-0.25, -0.2) is 5.06 Å². The van der Waals surface area contributed by atoms with Crippen LogP contribution in [0.1, 0.15) is 34.8 Å². The van der Waals surface area contributed by atoms with Crippen molar-refractivity contribution in [3.05, 3.63) is 89.7 Å². The van der Waals surface area contributed by atoms with Crippen LogP contribution in [0.2, 0.25) is 0 Å². The van der Waals surface area contributed by atoms with Crippen LogP contribution in [0.5, 0.6) is 0 Å². The van der Waals surface area contributed by atoms with Crippen LogP contribution in [0.15, 0.2) is 73.1 Å². The molecule has 0 aliphatic carbocycles. The minimum atomic E-state index is -0.392. The average molecular weight is 418 g/mol. The van der Waals surface area contributed by atoms with Gasteiger partial charge < -0.3 is 5.32 Å². The molecule has 1 aromatic heterocycles. The normalized spacial score (nSPS) is 10.5. The second-order valence-corrected chi connectivity index (χ2v) is 7.26. The second kappa shape index (κ2) is 11.0. The Morgan fingerprint density at radius 3 is 2.26 bits per heavy atom. The molecule has 0 aliphatic rings. The van der Waals surface area contributed by atoms with Gasteiger partial charge in [0.15, 0.2) is 0 Å². The van der Waals surface area contributed by atoms with Crippen molar-refractivity contribution in [3.8, 4) is 11.1 Å². The van der Waals surface area contributed by atoms with Crippen LogP contribution in [-0.2, 0) is 17.6 Å². The van der Waals surface area contributed by atoms with E-state index < -0.39 is 5.91 Å². The van der Waals surface area contributed by atoms with Crippen molar-refractivity contribution in [3.63, 3.8) is 0 Å². The Labute approximate surface area is 182 Å². The number of rotatable bonds is 9. The highest BCUT2D eigenvalue weighted by Gasteiger charge is 2.12. The summed E-state index contributed by atoms with van der Waals surface area (Å²) in [5, 5.41) is 13.3. The van der Waals surface area contributed by atoms with Gasteiger partial charge in [0, 0.05) is 30.9 Å². The molecule has 0 aliphatic heterocycles. The molecular formula is C25H27N3O3. The summed E-state index contributed by atoms with van der Waals surface area (Å²) in [6.45, 7) is 2.31. The minimum absolute atomic E-state index is 0.0273. The molecular weight excluding hydrogens is 390 g/mol. The third kappa shape index (κ3) is 6.49. The predicted molar refractivity (Wildman–Crippen MR) is 120 cm³/mol. The average Bonchev–Trinajstić information content (AvgIpc) is 2.83. The molecule has 2 N–H and O–H groups in total. The molecule has 31 heavy (non-hydrogen) atoms. The third-order valence-corrected chi connectivity index (χ3v) is 5.09. The first-order valence-electron chi connectivity index (χ1n) is 10.4. The first-order chi connectivity index (χ1) is 15.1. The zero-order valence-electron chi connectivity index (χ0n) is 17.6. The van der Waals surface area contributed by atoms with E-state index in [-0.39, 0.29) is 25.4 Å². The van der Waals surface area contributed by atoms with E-state index in [9.17, 15) is 14.8 Å². The third-order valence-electron chi connectivity index (χ3n) is 5.09. The van der Waals surface area contributed by atoms with Gasteiger partial charge in [-0.05, 0) is 53.3 Å². The van der Waals surface area contributed by atoms with Crippen LogP contribution < -0.4 is 5.32 Å². The number of pyridine rings is 1. The molecule has 2 aromatic carbocycles. The number of hydrogen-bond donors (Lipinski definition) is 2. The lowest BCUT2D eigenvalue weighted by Crippen LogP contribution is -2.36. The van der Waals surface area contributed by atoms with E-state index in [1.165, 1.54) is 5.56 Å². The summed E-state index contributed by atoms with van der Waals surface area (Å²) in [6, 6.07) is 19.4. The first-order valence-corrected chi connectivity index (χ1v) is 10.4. The maximum absolute atomic E-state index is 12.3. The fourth-order valence-corrected chi connectivity index (χ4v) is 3.18. The van der Waals surface area contributed by atoms with E-state index in [0.29, 0.717) is 17.0 Å². The van der Waals surface area contributed by atoms with Gasteiger partial charge >= 0.3 is 0 Å². The largest absolute Gasteiger partial charge is 0.350 e. The molecule has 0 unspecified atom stereocenters. The number of aryl methyl sites for hydroxylation is 2. The number of nitrogens with one attached hydrogen (secondary N) is 1. The summed E-state index contributed by atoms with van der Waals surface area (Å²) in [7, 11) is 0. The lowest BCUT2D eigenvalue weighted by molar-refractivity contribution is -0.164. The van der Waals surface area contributed by atoms with E-state index in [1.54, 1.807) is 30.6 Å². The Morgan fingerprint density at radius 2 is 1.65 bits per heavy atom. The highest BCUT2D eigenvalue weighted by Crippen LogP contribution is 2.20. The number of hydroxylamine groups is 2. The number of carbonyl (C=O) groups excluding carboxylic acids is 2. The lowest BCUT2D eigenvalue weighted by atomic mass is 10.0. The Balaban J connectivity index is 1.44. The fourth-order valence-electron chi connectivity index (χ4n) is 3.18. The van der Waals surface area contributed by atoms with Gasteiger partial charge in [-0.3, -0.25) is 19.8 Å². The van der Waals surface area contributed by atoms with Crippen LogP contribution in [0, 0.1) is 0 Å². The monoisotopic (exact) mass is 417 g/mol. The molecule has 6 nitrogen and oxygen atoms in total. The predicted octanol–water partition coefficient (Wildman–Crippen LogP) is 3.89. The van der Waals surface area contributed by atoms with Gasteiger partial charge in [0.05, 0.1) is 6.54 Å². The van der Waals surface area contributed by atoms with E-state index in [1.807, 2.05) is 18.2 Å². The van der Waals surface area contributed by atoms with Crippen molar-refractivity contribution in [1.82, 2.24) is 15.4 Å². The molecule has 0 bridgehead atoms. The van der Waals surface area contributed by atoms with Crippen LogP contribution in [0.4, 0.5) is 0 Å². The molecule has 0 fully saturated rings. The standard InChI is InChI=1S/C25H27N3O3/c1-2-19-5-8-21(9-6-19)22-10-12-23(13-11-22)25(30)27-16-17-28(31)24(29)14-7-20-4-3-15-26-18-20/h3-6,8-13,15,18,31H,2,7,14,16-17H2,1H3,(H,27,30). The summed E-state index contributed by atoms with van der Waals surface area (Å²) in [5.74, 6) is -0.638. The van der Waals surface area contributed by atoms with Gasteiger partial charge in [0.1, 0.15) is 0 Å². The molecule has 2 amide bonds. The Morgan fingerprint density at radius 1 is 0.968 bits per heavy atom. The highest BCUT2D eigenvalue weighted by molar-refractivity contribution is 5.94. The number of hydrogen-bond acceptors (Lipinski definition) is 4. The Kier molecular flexibility index (Phi) is 7.90. The summed E-state index contributed by atoms with van der Waals surface area (Å²) in [6.07, 6.45) is 5.05. The number of nitrogens with zero attached hydrogens (tertiary/aromatic N) is 2. The number of aromatic nitrogens is 1. The Hall–Kier alpha value is -3.51. The topological polar surface area (TPSA) is 82.5 Å². The van der Waals surface area contributed by atoms with Crippen molar-refractivity contribution in [2.45, 2.75) is 26.2 Å². The molecule has 0 atom stereocenters. The first kappa shape index (κ1) is 22.2. The van der Waals surface area contributed by atoms with Gasteiger partial charge in [0.2, 0.25) is 5.91 Å². The molecule has 0 radical (unpaired) electrons. The molecule has 0 spiro atoms. The molecule has 160 valence electrons. The zero-order chi connectivity index (χ0) is 22.1. The maximum Gasteiger partial charge on any atom is 0.251 e. The van der Waals surface area contributed by atoms with Crippen molar-refractivity contribution in [1.29, 1.82) is 0 Å². The van der Waals surface area contributed by atoms with Gasteiger partial charge in [0.25, 0.3) is 5.91 Å². The molecule has 6 heteroatoms. The van der Waals surface area contributed by atoms with Crippen molar-refractivity contribution < 1.29 is 14.8 Å². The summed E-state index contributed by atoms with van der Waals surface area (Å²) in [5.41, 5.74) is 4.89. The van der Waals surface area contributed by atoms with Crippen LogP contribution in [0.3, 0.4) is 0 Å². The van der Waals surface area contributed by atoms with Crippen LogP contribution in [0.25, 0.3) is 11.1 Å². The van der Waals surface area contributed by atoms with Gasteiger partial charge in [-0.1, -0.05) is 49.4 Å². The van der Waals surface area contributed by atoms with Crippen LogP contribution >= 0.6 is 0 Å². The van der Waals surface area contributed by atoms with E-state index >= 15 is 0 Å². The quantitative estimate of drug-likeness (QED) is 0.409. The Bertz CT molecular complexity index is 987. The SMILES string of the molecule is CCc1ccc(-c2ccc(C(=O)NCCN(O)C(=O)CCc3cccnc3)cc2)cc1. The number of benzene rings is 2. The molecule has 0 saturated heterocycles. The molecule has 3 rings (SSSR count). The highest BCUT2D eigenvalue weighted by atomic mass is 16.5. The maximum atomic E-state index is 12.3. The van der Waals surface area contributed by atoms with Crippen molar-refractivity contribution in [2.24, 2.45) is 0 Å². The van der Waals surface area contributed by atoms with Crippen LogP contribution in [-0.4, -0.2) is 40.2 Å². The second-order valence-electron chi connectivity index (χ2n) is 7.26. The molecule has 1 heterocycles. The molecule has 0 saturated carbocycles. The van der Waals surface area contributed by atoms with Gasteiger partial charge in [-0.15, -0.1) is 0 Å². The summed E-state index contributed by atoms with van der Waals surface area (Å²) < 4.78 is 0. The minimum Gasteiger partial charge on any atom is -0.350 e. The smallest absolute Gasteiger partial charge is 0.251 e. The number of carbonyl (C=O) groups is 2. The lowest BCUT2D eigenvalue weighted by Gasteiger charge is -2.15. The zero-order valence-corrected chi connectivity index (χ0v) is 17.6.